The Morgan fingerprint density at radius 3 is 2.78 bits per heavy atom. The van der Waals surface area contributed by atoms with Crippen LogP contribution < -0.4 is 0 Å². The third kappa shape index (κ3) is 2.11. The molecule has 1 aliphatic carbocycles. The number of hydrogen-bond acceptors (Lipinski definition) is 1. The van der Waals surface area contributed by atoms with Crippen LogP contribution in [0.15, 0.2) is 40.9 Å². The molecule has 3 rings (SSSR count). The SMILES string of the molecule is O=C1Cc2ccc(Cc3cc(Br)ccc3Cl)cc21. The van der Waals surface area contributed by atoms with Crippen LogP contribution in [0.2, 0.25) is 5.02 Å². The molecular formula is C15H10BrClO. The standard InChI is InChI=1S/C15H10BrClO/c16-12-3-4-14(17)11(7-12)5-9-1-2-10-8-15(18)13(10)6-9/h1-4,6-7H,5,8H2. The molecule has 0 N–H and O–H groups in total. The Bertz CT molecular complexity index is 649. The van der Waals surface area contributed by atoms with Gasteiger partial charge >= 0.3 is 0 Å². The van der Waals surface area contributed by atoms with E-state index in [1.54, 1.807) is 0 Å². The van der Waals surface area contributed by atoms with Gasteiger partial charge in [0.15, 0.2) is 5.78 Å². The Morgan fingerprint density at radius 1 is 1.17 bits per heavy atom. The topological polar surface area (TPSA) is 17.1 Å². The fourth-order valence-corrected chi connectivity index (χ4v) is 2.80. The van der Waals surface area contributed by atoms with Crippen molar-refractivity contribution in [2.24, 2.45) is 0 Å². The van der Waals surface area contributed by atoms with E-state index in [2.05, 4.69) is 22.0 Å². The van der Waals surface area contributed by atoms with Crippen molar-refractivity contribution in [3.63, 3.8) is 0 Å². The van der Waals surface area contributed by atoms with Crippen LogP contribution in [-0.4, -0.2) is 5.78 Å². The number of carbonyl (C=O) groups is 1. The molecule has 18 heavy (non-hydrogen) atoms. The summed E-state index contributed by atoms with van der Waals surface area (Å²) in [5.74, 6) is 0.243. The average molecular weight is 322 g/mol. The van der Waals surface area contributed by atoms with Crippen LogP contribution in [0.5, 0.6) is 0 Å². The maximum absolute atomic E-state index is 11.4. The first kappa shape index (κ1) is 11.9. The third-order valence-corrected chi connectivity index (χ3v) is 4.09. The van der Waals surface area contributed by atoms with Crippen molar-refractivity contribution in [3.8, 4) is 0 Å². The van der Waals surface area contributed by atoms with Crippen molar-refractivity contribution in [1.29, 1.82) is 0 Å². The summed E-state index contributed by atoms with van der Waals surface area (Å²) in [5.41, 5.74) is 4.22. The lowest BCUT2D eigenvalue weighted by atomic mass is 9.85. The number of carbonyl (C=O) groups excluding carboxylic acids is 1. The van der Waals surface area contributed by atoms with Crippen LogP contribution >= 0.6 is 27.5 Å². The summed E-state index contributed by atoms with van der Waals surface area (Å²) in [6, 6.07) is 11.9. The summed E-state index contributed by atoms with van der Waals surface area (Å²) >= 11 is 9.62. The third-order valence-electron chi connectivity index (χ3n) is 3.23. The normalized spacial score (nSPS) is 13.1. The molecule has 0 saturated heterocycles. The van der Waals surface area contributed by atoms with E-state index in [1.807, 2.05) is 30.3 Å². The molecule has 0 amide bonds. The highest BCUT2D eigenvalue weighted by Gasteiger charge is 2.22. The lowest BCUT2D eigenvalue weighted by molar-refractivity contribution is 0.0968. The molecule has 0 aromatic heterocycles. The molecule has 0 heterocycles. The number of fused-ring (bicyclic) bond motifs is 1. The van der Waals surface area contributed by atoms with Crippen molar-refractivity contribution in [2.45, 2.75) is 12.8 Å². The highest BCUT2D eigenvalue weighted by atomic mass is 79.9. The van der Waals surface area contributed by atoms with Crippen LogP contribution in [0.3, 0.4) is 0 Å². The predicted molar refractivity (Wildman–Crippen MR) is 76.4 cm³/mol. The van der Waals surface area contributed by atoms with E-state index in [0.29, 0.717) is 6.42 Å². The summed E-state index contributed by atoms with van der Waals surface area (Å²) in [7, 11) is 0. The number of rotatable bonds is 2. The monoisotopic (exact) mass is 320 g/mol. The summed E-state index contributed by atoms with van der Waals surface area (Å²) in [5, 5.41) is 0.757. The Morgan fingerprint density at radius 2 is 2.00 bits per heavy atom. The fourth-order valence-electron chi connectivity index (χ4n) is 2.21. The summed E-state index contributed by atoms with van der Waals surface area (Å²) in [6.07, 6.45) is 1.34. The fraction of sp³-hybridized carbons (Fsp3) is 0.133. The van der Waals surface area contributed by atoms with E-state index in [0.717, 1.165) is 38.2 Å². The van der Waals surface area contributed by atoms with Crippen molar-refractivity contribution < 1.29 is 4.79 Å². The van der Waals surface area contributed by atoms with Crippen LogP contribution in [0.1, 0.15) is 27.0 Å². The number of Topliss-reactive ketones (excluding diaryl/α,β-unsaturated/α-hetero) is 1. The zero-order valence-electron chi connectivity index (χ0n) is 9.54. The number of benzene rings is 2. The van der Waals surface area contributed by atoms with Gasteiger partial charge in [0.1, 0.15) is 0 Å². The second kappa shape index (κ2) is 4.52. The summed E-state index contributed by atoms with van der Waals surface area (Å²) in [4.78, 5) is 11.4. The molecule has 0 atom stereocenters. The van der Waals surface area contributed by atoms with E-state index < -0.39 is 0 Å². The number of ketones is 1. The molecule has 0 fully saturated rings. The van der Waals surface area contributed by atoms with Crippen LogP contribution in [-0.2, 0) is 12.8 Å². The van der Waals surface area contributed by atoms with Gasteiger partial charge < -0.3 is 0 Å². The second-order valence-corrected chi connectivity index (χ2v) is 5.83. The first-order valence-corrected chi connectivity index (χ1v) is 6.89. The molecule has 0 spiro atoms. The molecule has 90 valence electrons. The van der Waals surface area contributed by atoms with Gasteiger partial charge in [0.05, 0.1) is 0 Å². The van der Waals surface area contributed by atoms with Gasteiger partial charge in [0.2, 0.25) is 0 Å². The van der Waals surface area contributed by atoms with E-state index >= 15 is 0 Å². The molecule has 0 aliphatic heterocycles. The van der Waals surface area contributed by atoms with E-state index in [-0.39, 0.29) is 5.78 Å². The van der Waals surface area contributed by atoms with Gasteiger partial charge in [-0.2, -0.15) is 0 Å². The van der Waals surface area contributed by atoms with Gasteiger partial charge in [-0.25, -0.2) is 0 Å². The summed E-state index contributed by atoms with van der Waals surface area (Å²) in [6.45, 7) is 0. The maximum Gasteiger partial charge on any atom is 0.167 e. The van der Waals surface area contributed by atoms with Gasteiger partial charge in [-0.15, -0.1) is 0 Å². The van der Waals surface area contributed by atoms with Crippen molar-refractivity contribution in [3.05, 3.63) is 68.1 Å². The quantitative estimate of drug-likeness (QED) is 0.799. The molecule has 2 aromatic rings. The molecule has 3 heteroatoms. The average Bonchev–Trinajstić information content (AvgIpc) is 2.34. The molecule has 2 aromatic carbocycles. The van der Waals surface area contributed by atoms with Gasteiger partial charge in [0, 0.05) is 21.5 Å². The Labute approximate surface area is 119 Å². The number of halogens is 2. The highest BCUT2D eigenvalue weighted by Crippen LogP contribution is 2.27. The lowest BCUT2D eigenvalue weighted by Crippen LogP contribution is -2.18. The van der Waals surface area contributed by atoms with Crippen molar-refractivity contribution in [2.75, 3.05) is 0 Å². The molecule has 1 aliphatic rings. The smallest absolute Gasteiger partial charge is 0.167 e. The van der Waals surface area contributed by atoms with E-state index in [1.165, 1.54) is 0 Å². The summed E-state index contributed by atoms with van der Waals surface area (Å²) < 4.78 is 1.02. The lowest BCUT2D eigenvalue weighted by Gasteiger charge is -2.18. The van der Waals surface area contributed by atoms with Gasteiger partial charge in [-0.05, 0) is 47.4 Å². The molecule has 0 unspecified atom stereocenters. The molecule has 0 bridgehead atoms. The minimum atomic E-state index is 0.243. The largest absolute Gasteiger partial charge is 0.294 e. The van der Waals surface area contributed by atoms with Crippen LogP contribution in [0.4, 0.5) is 0 Å². The first-order valence-electron chi connectivity index (χ1n) is 5.72. The van der Waals surface area contributed by atoms with E-state index in [4.69, 9.17) is 11.6 Å². The van der Waals surface area contributed by atoms with E-state index in [9.17, 15) is 4.79 Å². The molecule has 0 saturated carbocycles. The maximum atomic E-state index is 11.4. The first-order chi connectivity index (χ1) is 8.63. The van der Waals surface area contributed by atoms with Crippen LogP contribution in [0, 0.1) is 0 Å². The second-order valence-electron chi connectivity index (χ2n) is 4.50. The zero-order chi connectivity index (χ0) is 12.7. The predicted octanol–water partition coefficient (Wildman–Crippen LogP) is 4.43. The minimum Gasteiger partial charge on any atom is -0.294 e. The van der Waals surface area contributed by atoms with Gasteiger partial charge in [-0.3, -0.25) is 4.79 Å². The highest BCUT2D eigenvalue weighted by molar-refractivity contribution is 9.10. The Kier molecular flexibility index (Phi) is 3.00. The van der Waals surface area contributed by atoms with Crippen molar-refractivity contribution >= 4 is 33.3 Å². The minimum absolute atomic E-state index is 0.243. The van der Waals surface area contributed by atoms with Gasteiger partial charge in [-0.1, -0.05) is 39.7 Å². The molecular weight excluding hydrogens is 312 g/mol. The zero-order valence-corrected chi connectivity index (χ0v) is 11.9. The number of hydrogen-bond donors (Lipinski definition) is 0. The Balaban J connectivity index is 1.93. The Hall–Kier alpha value is -1.12. The van der Waals surface area contributed by atoms with Crippen LogP contribution in [0.25, 0.3) is 0 Å². The molecule has 0 radical (unpaired) electrons. The van der Waals surface area contributed by atoms with Gasteiger partial charge in [0.25, 0.3) is 0 Å². The van der Waals surface area contributed by atoms with Crippen molar-refractivity contribution in [1.82, 2.24) is 0 Å². The molecule has 1 nitrogen and oxygen atoms in total.